The highest BCUT2D eigenvalue weighted by Crippen LogP contribution is 2.15. The molecule has 0 saturated heterocycles. The Labute approximate surface area is 72.0 Å². The summed E-state index contributed by atoms with van der Waals surface area (Å²) in [6.45, 7) is 0. The maximum atomic E-state index is 4.90. The van der Waals surface area contributed by atoms with Gasteiger partial charge in [-0.1, -0.05) is 38.5 Å². The molecule has 1 rings (SSSR count). The Morgan fingerprint density at radius 3 is 0.889 bits per heavy atom. The number of hydrogen-bond donors (Lipinski definition) is 0. The Morgan fingerprint density at radius 1 is 0.667 bits per heavy atom. The van der Waals surface area contributed by atoms with Gasteiger partial charge >= 0.3 is 13.4 Å². The van der Waals surface area contributed by atoms with Crippen molar-refractivity contribution in [3.8, 4) is 0 Å². The summed E-state index contributed by atoms with van der Waals surface area (Å²) in [6, 6.07) is 0. The standard InChI is InChI=1S/C6H12.Al.2ClH.H/c1-2-4-6-5-3-1;;;;/h1-6H2;;2*1H;/q;+2;;;/p-2. The minimum Gasteiger partial charge on any atom is -0.240 e. The van der Waals surface area contributed by atoms with E-state index in [1.165, 1.54) is 38.5 Å². The molecule has 0 aromatic heterocycles. The Hall–Kier alpha value is 1.11. The van der Waals surface area contributed by atoms with Crippen LogP contribution in [0, 0.1) is 0 Å². The second-order valence-corrected chi connectivity index (χ2v) is 4.85. The van der Waals surface area contributed by atoms with E-state index in [4.69, 9.17) is 20.1 Å². The molecule has 0 radical (unpaired) electrons. The van der Waals surface area contributed by atoms with Crippen LogP contribution >= 0.6 is 20.1 Å². The normalized spacial score (nSPS) is 17.6. The van der Waals surface area contributed by atoms with Crippen LogP contribution in [0.4, 0.5) is 0 Å². The van der Waals surface area contributed by atoms with Crippen LogP contribution in [0.5, 0.6) is 0 Å². The summed E-state index contributed by atoms with van der Waals surface area (Å²) in [7, 11) is 9.81. The Kier molecular flexibility index (Phi) is 10.2. The molecule has 54 valence electrons. The minimum absolute atomic E-state index is 0.639. The van der Waals surface area contributed by atoms with Crippen LogP contribution in [-0.2, 0) is 0 Å². The lowest BCUT2D eigenvalue weighted by Crippen LogP contribution is -1.85. The van der Waals surface area contributed by atoms with Crippen molar-refractivity contribution >= 4 is 33.5 Å². The van der Waals surface area contributed by atoms with E-state index in [1.54, 1.807) is 0 Å². The lowest BCUT2D eigenvalue weighted by Gasteiger charge is -2.05. The highest BCUT2D eigenvalue weighted by atomic mass is 35.7. The molecule has 1 fully saturated rings. The van der Waals surface area contributed by atoms with E-state index < -0.39 is 13.4 Å². The van der Waals surface area contributed by atoms with Crippen molar-refractivity contribution in [1.82, 2.24) is 0 Å². The van der Waals surface area contributed by atoms with E-state index in [2.05, 4.69) is 0 Å². The zero-order valence-electron chi connectivity index (χ0n) is 5.71. The molecule has 1 aliphatic rings. The van der Waals surface area contributed by atoms with Crippen LogP contribution in [0.2, 0.25) is 0 Å². The first-order valence-corrected chi connectivity index (χ1v) is 7.81. The molecule has 1 saturated carbocycles. The summed E-state index contributed by atoms with van der Waals surface area (Å²) < 4.78 is 0. The zero-order chi connectivity index (χ0) is 6.95. The first kappa shape index (κ1) is 10.1. The number of halogens is 2. The molecular weight excluding hydrogens is 170 g/mol. The first-order chi connectivity index (χ1) is 4.41. The third kappa shape index (κ3) is 9.11. The van der Waals surface area contributed by atoms with Gasteiger partial charge in [-0.25, -0.2) is 20.1 Å². The average molecular weight is 183 g/mol. The van der Waals surface area contributed by atoms with Crippen molar-refractivity contribution in [2.75, 3.05) is 0 Å². The van der Waals surface area contributed by atoms with Gasteiger partial charge in [-0.05, 0) is 0 Å². The first-order valence-electron chi connectivity index (χ1n) is 3.53. The van der Waals surface area contributed by atoms with E-state index in [0.29, 0.717) is 0 Å². The second-order valence-electron chi connectivity index (χ2n) is 2.22. The van der Waals surface area contributed by atoms with Gasteiger partial charge in [0, 0.05) is 0 Å². The molecule has 0 atom stereocenters. The smallest absolute Gasteiger partial charge is 0.240 e. The highest BCUT2D eigenvalue weighted by Gasteiger charge is 1.95. The SMILES string of the molecule is C1CCCCC1.[Cl][AlH][Cl]. The van der Waals surface area contributed by atoms with Gasteiger partial charge in [0.2, 0.25) is 0 Å². The fraction of sp³-hybridized carbons (Fsp3) is 1.00. The van der Waals surface area contributed by atoms with Crippen LogP contribution in [0.15, 0.2) is 0 Å². The van der Waals surface area contributed by atoms with Gasteiger partial charge in [-0.15, -0.1) is 0 Å². The molecule has 0 spiro atoms. The molecule has 0 amide bonds. The van der Waals surface area contributed by atoms with Gasteiger partial charge in [0.15, 0.2) is 0 Å². The van der Waals surface area contributed by atoms with Crippen LogP contribution in [0.1, 0.15) is 38.5 Å². The van der Waals surface area contributed by atoms with Crippen molar-refractivity contribution in [3.63, 3.8) is 0 Å². The minimum atomic E-state index is -0.639. The van der Waals surface area contributed by atoms with Gasteiger partial charge in [-0.2, -0.15) is 0 Å². The summed E-state index contributed by atoms with van der Waals surface area (Å²) in [6.07, 6.45) is 9.00. The van der Waals surface area contributed by atoms with E-state index >= 15 is 0 Å². The lowest BCUT2D eigenvalue weighted by molar-refractivity contribution is 0.504. The predicted octanol–water partition coefficient (Wildman–Crippen LogP) is 3.07. The summed E-state index contributed by atoms with van der Waals surface area (Å²) in [5.41, 5.74) is 0. The van der Waals surface area contributed by atoms with Crippen LogP contribution < -0.4 is 0 Å². The Balaban J connectivity index is 0.000000187. The summed E-state index contributed by atoms with van der Waals surface area (Å²) in [5.74, 6) is 0. The van der Waals surface area contributed by atoms with Crippen LogP contribution in [-0.4, -0.2) is 13.4 Å². The fourth-order valence-electron chi connectivity index (χ4n) is 1.06. The topological polar surface area (TPSA) is 0 Å². The molecular formula is C6H13AlCl2. The zero-order valence-corrected chi connectivity index (χ0v) is 8.63. The van der Waals surface area contributed by atoms with Crippen LogP contribution in [0.25, 0.3) is 0 Å². The van der Waals surface area contributed by atoms with Gasteiger partial charge in [0.25, 0.3) is 0 Å². The third-order valence-electron chi connectivity index (χ3n) is 1.50. The van der Waals surface area contributed by atoms with E-state index in [1.807, 2.05) is 0 Å². The number of rotatable bonds is 0. The predicted molar refractivity (Wildman–Crippen MR) is 46.6 cm³/mol. The molecule has 0 heterocycles. The lowest BCUT2D eigenvalue weighted by atomic mass is 10.0. The number of hydrogen-bond acceptors (Lipinski definition) is 0. The van der Waals surface area contributed by atoms with E-state index in [9.17, 15) is 0 Å². The largest absolute Gasteiger partial charge is 0.499 e. The molecule has 0 N–H and O–H groups in total. The van der Waals surface area contributed by atoms with Gasteiger partial charge in [0.1, 0.15) is 0 Å². The summed E-state index contributed by atoms with van der Waals surface area (Å²) >= 11 is -0.639. The molecule has 9 heavy (non-hydrogen) atoms. The molecule has 0 aromatic carbocycles. The van der Waals surface area contributed by atoms with E-state index in [0.717, 1.165) is 0 Å². The molecule has 1 aliphatic carbocycles. The summed E-state index contributed by atoms with van der Waals surface area (Å²) in [4.78, 5) is 0. The maximum Gasteiger partial charge on any atom is 0.499 e. The third-order valence-corrected chi connectivity index (χ3v) is 1.50. The molecule has 0 unspecified atom stereocenters. The van der Waals surface area contributed by atoms with Gasteiger partial charge < -0.3 is 0 Å². The van der Waals surface area contributed by atoms with E-state index in [-0.39, 0.29) is 0 Å². The van der Waals surface area contributed by atoms with Crippen LogP contribution in [0.3, 0.4) is 0 Å². The second kappa shape index (κ2) is 9.11. The molecule has 3 heteroatoms. The molecule has 0 aliphatic heterocycles. The molecule has 0 bridgehead atoms. The fourth-order valence-corrected chi connectivity index (χ4v) is 1.06. The van der Waals surface area contributed by atoms with Crippen molar-refractivity contribution in [2.45, 2.75) is 38.5 Å². The highest BCUT2D eigenvalue weighted by molar-refractivity contribution is 7.22. The molecule has 0 aromatic rings. The average Bonchev–Trinajstić information content (AvgIpc) is 1.93. The molecule has 0 nitrogen and oxygen atoms in total. The van der Waals surface area contributed by atoms with Crippen molar-refractivity contribution in [3.05, 3.63) is 0 Å². The van der Waals surface area contributed by atoms with Crippen molar-refractivity contribution < 1.29 is 0 Å². The quantitative estimate of drug-likeness (QED) is 0.506. The van der Waals surface area contributed by atoms with Crippen molar-refractivity contribution in [2.24, 2.45) is 0 Å². The Morgan fingerprint density at radius 2 is 0.778 bits per heavy atom. The maximum absolute atomic E-state index is 4.90. The van der Waals surface area contributed by atoms with Crippen molar-refractivity contribution in [1.29, 1.82) is 0 Å². The van der Waals surface area contributed by atoms with Gasteiger partial charge in [0.05, 0.1) is 0 Å². The Bertz CT molecular complexity index is 34.8. The summed E-state index contributed by atoms with van der Waals surface area (Å²) in [5, 5.41) is 0. The monoisotopic (exact) mass is 182 g/mol. The van der Waals surface area contributed by atoms with Gasteiger partial charge in [-0.3, -0.25) is 0 Å².